The molecule has 0 saturated heterocycles. The zero-order chi connectivity index (χ0) is 12.6. The third-order valence-electron chi connectivity index (χ3n) is 2.09. The van der Waals surface area contributed by atoms with Gasteiger partial charge in [-0.1, -0.05) is 46.9 Å². The summed E-state index contributed by atoms with van der Waals surface area (Å²) in [6, 6.07) is 6.57. The van der Waals surface area contributed by atoms with Crippen LogP contribution in [0.5, 0.6) is 0 Å². The van der Waals surface area contributed by atoms with Crippen LogP contribution in [-0.4, -0.2) is 19.5 Å². The number of halogens is 3. The Labute approximate surface area is 111 Å². The third kappa shape index (κ3) is 2.44. The molecule has 17 heavy (non-hydrogen) atoms. The van der Waals surface area contributed by atoms with Gasteiger partial charge in [-0.3, -0.25) is 9.59 Å². The molecule has 2 aromatic rings. The standard InChI is InChI=1S/C10H5Cl3N2O2/c11-10(12,13)7(16)8-14-6-4-2-1-3-5(6)9(17)15-8/h1-4H,(H,14,15,17). The summed E-state index contributed by atoms with van der Waals surface area (Å²) < 4.78 is -2.14. The number of para-hydroxylation sites is 1. The highest BCUT2D eigenvalue weighted by Gasteiger charge is 2.33. The number of Topliss-reactive ketones (excluding diaryl/α,β-unsaturated/α-hetero) is 1. The first kappa shape index (κ1) is 12.4. The number of aromatic amines is 1. The smallest absolute Gasteiger partial charge is 0.259 e. The van der Waals surface area contributed by atoms with Gasteiger partial charge in [0.15, 0.2) is 5.82 Å². The molecule has 1 heterocycles. The number of fused-ring (bicyclic) bond motifs is 1. The highest BCUT2D eigenvalue weighted by Crippen LogP contribution is 2.29. The summed E-state index contributed by atoms with van der Waals surface area (Å²) >= 11 is 16.3. The Bertz CT molecular complexity index is 646. The fraction of sp³-hybridized carbons (Fsp3) is 0.100. The van der Waals surface area contributed by atoms with E-state index in [1.807, 2.05) is 0 Å². The molecule has 0 atom stereocenters. The maximum Gasteiger partial charge on any atom is 0.259 e. The van der Waals surface area contributed by atoms with Crippen LogP contribution in [0.3, 0.4) is 0 Å². The summed E-state index contributed by atoms with van der Waals surface area (Å²) in [7, 11) is 0. The number of nitrogens with zero attached hydrogens (tertiary/aromatic N) is 1. The highest BCUT2D eigenvalue weighted by molar-refractivity contribution is 6.77. The van der Waals surface area contributed by atoms with Crippen LogP contribution < -0.4 is 5.56 Å². The molecule has 2 rings (SSSR count). The zero-order valence-electron chi connectivity index (χ0n) is 8.21. The van der Waals surface area contributed by atoms with Crippen molar-refractivity contribution >= 4 is 51.5 Å². The Morgan fingerprint density at radius 2 is 1.88 bits per heavy atom. The summed E-state index contributed by atoms with van der Waals surface area (Å²) in [5, 5.41) is 0.369. The first-order valence-electron chi connectivity index (χ1n) is 4.50. The molecular formula is C10H5Cl3N2O2. The van der Waals surface area contributed by atoms with Crippen molar-refractivity contribution in [3.8, 4) is 0 Å². The maximum atomic E-state index is 11.7. The van der Waals surface area contributed by atoms with Gasteiger partial charge in [0.25, 0.3) is 9.35 Å². The van der Waals surface area contributed by atoms with Crippen molar-refractivity contribution in [2.24, 2.45) is 0 Å². The molecule has 88 valence electrons. The van der Waals surface area contributed by atoms with Crippen LogP contribution in [0.25, 0.3) is 10.9 Å². The van der Waals surface area contributed by atoms with Gasteiger partial charge in [-0.15, -0.1) is 0 Å². The number of H-pyrrole nitrogens is 1. The van der Waals surface area contributed by atoms with Crippen LogP contribution in [0.4, 0.5) is 0 Å². The Balaban J connectivity index is 2.66. The van der Waals surface area contributed by atoms with E-state index in [2.05, 4.69) is 9.97 Å². The average molecular weight is 292 g/mol. The molecular weight excluding hydrogens is 286 g/mol. The molecule has 0 unspecified atom stereocenters. The second-order valence-corrected chi connectivity index (χ2v) is 5.54. The van der Waals surface area contributed by atoms with E-state index in [-0.39, 0.29) is 5.82 Å². The third-order valence-corrected chi connectivity index (χ3v) is 2.60. The van der Waals surface area contributed by atoms with E-state index < -0.39 is 15.1 Å². The number of nitrogens with one attached hydrogen (secondary N) is 1. The molecule has 0 fully saturated rings. The van der Waals surface area contributed by atoms with Crippen LogP contribution in [0.1, 0.15) is 10.6 Å². The molecule has 1 aromatic heterocycles. The van der Waals surface area contributed by atoms with Crippen molar-refractivity contribution in [1.82, 2.24) is 9.97 Å². The molecule has 0 aliphatic heterocycles. The Morgan fingerprint density at radius 3 is 2.53 bits per heavy atom. The number of rotatable bonds is 1. The Kier molecular flexibility index (Phi) is 3.12. The van der Waals surface area contributed by atoms with Gasteiger partial charge in [-0.2, -0.15) is 0 Å². The molecule has 0 radical (unpaired) electrons. The second-order valence-electron chi connectivity index (χ2n) is 3.26. The van der Waals surface area contributed by atoms with Crippen molar-refractivity contribution in [1.29, 1.82) is 0 Å². The molecule has 0 spiro atoms. The van der Waals surface area contributed by atoms with Gasteiger partial charge in [0, 0.05) is 0 Å². The predicted octanol–water partition coefficient (Wildman–Crippen LogP) is 2.48. The van der Waals surface area contributed by atoms with Crippen molar-refractivity contribution in [3.63, 3.8) is 0 Å². The number of hydrogen-bond donors (Lipinski definition) is 1. The van der Waals surface area contributed by atoms with E-state index >= 15 is 0 Å². The molecule has 0 bridgehead atoms. The number of hydrogen-bond acceptors (Lipinski definition) is 3. The van der Waals surface area contributed by atoms with Crippen LogP contribution in [-0.2, 0) is 0 Å². The van der Waals surface area contributed by atoms with Crippen LogP contribution in [0, 0.1) is 0 Å². The molecule has 0 saturated carbocycles. The number of alkyl halides is 3. The van der Waals surface area contributed by atoms with Crippen molar-refractivity contribution < 1.29 is 4.79 Å². The molecule has 0 amide bonds. The van der Waals surface area contributed by atoms with E-state index in [9.17, 15) is 9.59 Å². The number of aromatic nitrogens is 2. The van der Waals surface area contributed by atoms with Crippen molar-refractivity contribution in [3.05, 3.63) is 40.4 Å². The maximum absolute atomic E-state index is 11.7. The van der Waals surface area contributed by atoms with Gasteiger partial charge in [-0.05, 0) is 12.1 Å². The van der Waals surface area contributed by atoms with Gasteiger partial charge in [0.2, 0.25) is 5.78 Å². The lowest BCUT2D eigenvalue weighted by Crippen LogP contribution is -2.25. The lowest BCUT2D eigenvalue weighted by Gasteiger charge is -2.08. The lowest BCUT2D eigenvalue weighted by atomic mass is 10.2. The molecule has 7 heteroatoms. The van der Waals surface area contributed by atoms with Gasteiger partial charge in [0.05, 0.1) is 10.9 Å². The van der Waals surface area contributed by atoms with Crippen molar-refractivity contribution in [2.75, 3.05) is 0 Å². The lowest BCUT2D eigenvalue weighted by molar-refractivity contribution is 0.0986. The number of carbonyl (C=O) groups is 1. The average Bonchev–Trinajstić information content (AvgIpc) is 2.27. The first-order valence-corrected chi connectivity index (χ1v) is 5.63. The van der Waals surface area contributed by atoms with Gasteiger partial charge >= 0.3 is 0 Å². The quantitative estimate of drug-likeness (QED) is 0.648. The summed E-state index contributed by atoms with van der Waals surface area (Å²) in [4.78, 5) is 29.5. The molecule has 4 nitrogen and oxygen atoms in total. The van der Waals surface area contributed by atoms with E-state index in [1.54, 1.807) is 24.3 Å². The van der Waals surface area contributed by atoms with Crippen LogP contribution in [0.15, 0.2) is 29.1 Å². The molecule has 1 aromatic carbocycles. The molecule has 0 aliphatic rings. The SMILES string of the molecule is O=C(c1nc2ccccc2c(=O)[nH]1)C(Cl)(Cl)Cl. The fourth-order valence-corrected chi connectivity index (χ4v) is 1.60. The van der Waals surface area contributed by atoms with Crippen molar-refractivity contribution in [2.45, 2.75) is 3.79 Å². The van der Waals surface area contributed by atoms with Gasteiger partial charge in [0.1, 0.15) is 0 Å². The van der Waals surface area contributed by atoms with E-state index in [0.717, 1.165) is 0 Å². The van der Waals surface area contributed by atoms with Gasteiger partial charge < -0.3 is 4.98 Å². The molecule has 0 aliphatic carbocycles. The topological polar surface area (TPSA) is 62.8 Å². The normalized spacial score (nSPS) is 11.7. The minimum atomic E-state index is -2.14. The summed E-state index contributed by atoms with van der Waals surface area (Å²) in [6.07, 6.45) is 0. The van der Waals surface area contributed by atoms with Crippen LogP contribution in [0.2, 0.25) is 0 Å². The summed E-state index contributed by atoms with van der Waals surface area (Å²) in [5.41, 5.74) is -0.0814. The monoisotopic (exact) mass is 290 g/mol. The first-order chi connectivity index (χ1) is 7.89. The van der Waals surface area contributed by atoms with Gasteiger partial charge in [-0.25, -0.2) is 4.98 Å². The predicted molar refractivity (Wildman–Crippen MR) is 67.0 cm³/mol. The fourth-order valence-electron chi connectivity index (χ4n) is 1.33. The van der Waals surface area contributed by atoms with E-state index in [4.69, 9.17) is 34.8 Å². The molecule has 1 N–H and O–H groups in total. The highest BCUT2D eigenvalue weighted by atomic mass is 35.6. The van der Waals surface area contributed by atoms with E-state index in [0.29, 0.717) is 10.9 Å². The number of carbonyl (C=O) groups excluding carboxylic acids is 1. The minimum absolute atomic E-state index is 0.270. The number of benzene rings is 1. The van der Waals surface area contributed by atoms with Crippen LogP contribution >= 0.6 is 34.8 Å². The number of ketones is 1. The Hall–Kier alpha value is -1.10. The second kappa shape index (κ2) is 4.29. The zero-order valence-corrected chi connectivity index (χ0v) is 10.5. The Morgan fingerprint density at radius 1 is 1.24 bits per heavy atom. The largest absolute Gasteiger partial charge is 0.303 e. The van der Waals surface area contributed by atoms with E-state index in [1.165, 1.54) is 0 Å². The summed E-state index contributed by atoms with van der Waals surface area (Å²) in [6.45, 7) is 0. The summed E-state index contributed by atoms with van der Waals surface area (Å²) in [5.74, 6) is -1.14. The minimum Gasteiger partial charge on any atom is -0.303 e.